The molecule has 1 heterocycles. The highest BCUT2D eigenvalue weighted by molar-refractivity contribution is 5.48. The molecule has 0 aliphatic carbocycles. The number of aromatic nitrogens is 2. The molecule has 0 amide bonds. The van der Waals surface area contributed by atoms with E-state index in [0.717, 1.165) is 6.54 Å². The van der Waals surface area contributed by atoms with E-state index in [1.54, 1.807) is 6.07 Å². The van der Waals surface area contributed by atoms with Gasteiger partial charge in [-0.05, 0) is 11.3 Å². The van der Waals surface area contributed by atoms with Gasteiger partial charge in [-0.15, -0.1) is 0 Å². The summed E-state index contributed by atoms with van der Waals surface area (Å²) in [6, 6.07) is 1.69. The Morgan fingerprint density at radius 1 is 1.31 bits per heavy atom. The van der Waals surface area contributed by atoms with Crippen LogP contribution in [0.4, 0.5) is 17.6 Å². The molecule has 16 heavy (non-hydrogen) atoms. The molecule has 0 radical (unpaired) electrons. The predicted molar refractivity (Wildman–Crippen MR) is 68.0 cm³/mol. The summed E-state index contributed by atoms with van der Waals surface area (Å²) in [5.74, 6) is 1.79. The van der Waals surface area contributed by atoms with E-state index in [2.05, 4.69) is 43.0 Å². The molecule has 0 aliphatic heterocycles. The lowest BCUT2D eigenvalue weighted by Gasteiger charge is -2.27. The van der Waals surface area contributed by atoms with Crippen LogP contribution < -0.4 is 16.8 Å². The molecule has 1 rings (SSSR count). The number of nitrogens with one attached hydrogen (secondary N) is 1. The van der Waals surface area contributed by atoms with Crippen LogP contribution in [0.1, 0.15) is 27.7 Å². The molecule has 1 unspecified atom stereocenters. The van der Waals surface area contributed by atoms with Crippen molar-refractivity contribution in [2.45, 2.75) is 27.7 Å². The third-order valence-electron chi connectivity index (χ3n) is 2.83. The van der Waals surface area contributed by atoms with Gasteiger partial charge in [0.15, 0.2) is 0 Å². The Morgan fingerprint density at radius 2 is 1.94 bits per heavy atom. The van der Waals surface area contributed by atoms with E-state index in [1.165, 1.54) is 0 Å². The molecule has 0 saturated heterocycles. The highest BCUT2D eigenvalue weighted by atomic mass is 15.1. The van der Waals surface area contributed by atoms with Gasteiger partial charge in [0.2, 0.25) is 5.95 Å². The third kappa shape index (κ3) is 3.56. The van der Waals surface area contributed by atoms with E-state index in [0.29, 0.717) is 17.6 Å². The summed E-state index contributed by atoms with van der Waals surface area (Å²) in [5.41, 5.74) is 11.4. The van der Waals surface area contributed by atoms with Gasteiger partial charge in [0, 0.05) is 12.6 Å². The van der Waals surface area contributed by atoms with Crippen molar-refractivity contribution < 1.29 is 0 Å². The number of hydrogen-bond donors (Lipinski definition) is 3. The van der Waals surface area contributed by atoms with E-state index in [4.69, 9.17) is 11.5 Å². The maximum absolute atomic E-state index is 5.58. The van der Waals surface area contributed by atoms with Crippen molar-refractivity contribution in [2.24, 2.45) is 11.3 Å². The van der Waals surface area contributed by atoms with Crippen molar-refractivity contribution in [3.05, 3.63) is 6.07 Å². The van der Waals surface area contributed by atoms with Crippen LogP contribution in [0.15, 0.2) is 6.07 Å². The maximum atomic E-state index is 5.58. The lowest BCUT2D eigenvalue weighted by molar-refractivity contribution is 0.274. The summed E-state index contributed by atoms with van der Waals surface area (Å²) in [7, 11) is 0. The van der Waals surface area contributed by atoms with Gasteiger partial charge in [0.25, 0.3) is 0 Å². The van der Waals surface area contributed by atoms with Gasteiger partial charge >= 0.3 is 0 Å². The minimum absolute atomic E-state index is 0.200. The molecule has 5 heteroatoms. The van der Waals surface area contributed by atoms with Crippen molar-refractivity contribution in [3.63, 3.8) is 0 Å². The molecule has 0 fully saturated rings. The first-order valence-corrected chi connectivity index (χ1v) is 5.43. The van der Waals surface area contributed by atoms with Crippen LogP contribution in [0.3, 0.4) is 0 Å². The first-order chi connectivity index (χ1) is 7.29. The number of nitrogens with zero attached hydrogens (tertiary/aromatic N) is 2. The monoisotopic (exact) mass is 223 g/mol. The fourth-order valence-electron chi connectivity index (χ4n) is 1.14. The van der Waals surface area contributed by atoms with Crippen LogP contribution in [-0.4, -0.2) is 16.5 Å². The molecule has 1 aromatic rings. The summed E-state index contributed by atoms with van der Waals surface area (Å²) < 4.78 is 0. The fourth-order valence-corrected chi connectivity index (χ4v) is 1.14. The van der Waals surface area contributed by atoms with Gasteiger partial charge in [-0.1, -0.05) is 27.7 Å². The van der Waals surface area contributed by atoms with Crippen molar-refractivity contribution >= 4 is 17.6 Å². The molecule has 0 aliphatic rings. The zero-order valence-corrected chi connectivity index (χ0v) is 10.4. The van der Waals surface area contributed by atoms with Crippen LogP contribution in [0.2, 0.25) is 0 Å². The van der Waals surface area contributed by atoms with Gasteiger partial charge in [-0.25, -0.2) is 0 Å². The largest absolute Gasteiger partial charge is 0.383 e. The number of nitrogen functional groups attached to an aromatic ring is 2. The molecule has 90 valence electrons. The van der Waals surface area contributed by atoms with Crippen molar-refractivity contribution in [2.75, 3.05) is 23.3 Å². The van der Waals surface area contributed by atoms with Crippen LogP contribution in [-0.2, 0) is 0 Å². The molecule has 1 aromatic heterocycles. The molecule has 0 saturated carbocycles. The highest BCUT2D eigenvalue weighted by Gasteiger charge is 2.19. The molecule has 5 N–H and O–H groups in total. The second-order valence-electron chi connectivity index (χ2n) is 5.18. The van der Waals surface area contributed by atoms with Crippen LogP contribution in [0.5, 0.6) is 0 Å². The molecule has 0 spiro atoms. The van der Waals surface area contributed by atoms with Crippen molar-refractivity contribution in [1.82, 2.24) is 9.97 Å². The zero-order chi connectivity index (χ0) is 12.3. The minimum Gasteiger partial charge on any atom is -0.383 e. The number of nitrogens with two attached hydrogens (primary N) is 2. The lowest BCUT2D eigenvalue weighted by atomic mass is 9.82. The molecule has 0 bridgehead atoms. The first-order valence-electron chi connectivity index (χ1n) is 5.43. The second-order valence-corrected chi connectivity index (χ2v) is 5.18. The summed E-state index contributed by atoms with van der Waals surface area (Å²) in [6.07, 6.45) is 0. The van der Waals surface area contributed by atoms with Gasteiger partial charge in [-0.2, -0.15) is 9.97 Å². The average molecular weight is 223 g/mol. The maximum Gasteiger partial charge on any atom is 0.223 e. The molecule has 1 atom stereocenters. The van der Waals surface area contributed by atoms with Gasteiger partial charge in [0.05, 0.1) is 0 Å². The highest BCUT2D eigenvalue weighted by Crippen LogP contribution is 2.25. The molecule has 0 aromatic carbocycles. The van der Waals surface area contributed by atoms with Gasteiger partial charge in [-0.3, -0.25) is 0 Å². The molecule has 5 nitrogen and oxygen atoms in total. The smallest absolute Gasteiger partial charge is 0.223 e. The number of anilines is 3. The normalized spacial score (nSPS) is 13.5. The lowest BCUT2D eigenvalue weighted by Crippen LogP contribution is -2.25. The Bertz CT molecular complexity index is 336. The van der Waals surface area contributed by atoms with Gasteiger partial charge in [0.1, 0.15) is 11.6 Å². The Morgan fingerprint density at radius 3 is 2.44 bits per heavy atom. The van der Waals surface area contributed by atoms with Crippen LogP contribution in [0, 0.1) is 11.3 Å². The van der Waals surface area contributed by atoms with Gasteiger partial charge < -0.3 is 16.8 Å². The Balaban J connectivity index is 2.61. The first kappa shape index (κ1) is 12.5. The summed E-state index contributed by atoms with van der Waals surface area (Å²) >= 11 is 0. The minimum atomic E-state index is 0.200. The predicted octanol–water partition coefficient (Wildman–Crippen LogP) is 1.74. The van der Waals surface area contributed by atoms with Crippen molar-refractivity contribution in [1.29, 1.82) is 0 Å². The molecular weight excluding hydrogens is 202 g/mol. The Labute approximate surface area is 96.7 Å². The number of hydrogen-bond acceptors (Lipinski definition) is 5. The quantitative estimate of drug-likeness (QED) is 0.726. The standard InChI is InChI=1S/C11H21N5/c1-7(11(2,3)4)6-14-9-5-8(12)15-10(13)16-9/h5,7H,6H2,1-4H3,(H5,12,13,14,15,16). The summed E-state index contributed by atoms with van der Waals surface area (Å²) in [5, 5.41) is 3.22. The Hall–Kier alpha value is -1.52. The van der Waals surface area contributed by atoms with Crippen LogP contribution in [0.25, 0.3) is 0 Å². The van der Waals surface area contributed by atoms with E-state index < -0.39 is 0 Å². The van der Waals surface area contributed by atoms with E-state index in [1.807, 2.05) is 0 Å². The van der Waals surface area contributed by atoms with Crippen LogP contribution >= 0.6 is 0 Å². The second kappa shape index (κ2) is 4.55. The fraction of sp³-hybridized carbons (Fsp3) is 0.636. The third-order valence-corrected chi connectivity index (χ3v) is 2.83. The SMILES string of the molecule is CC(CNc1cc(N)nc(N)n1)C(C)(C)C. The van der Waals surface area contributed by atoms with E-state index >= 15 is 0 Å². The summed E-state index contributed by atoms with van der Waals surface area (Å²) in [6.45, 7) is 9.66. The van der Waals surface area contributed by atoms with Crippen molar-refractivity contribution in [3.8, 4) is 0 Å². The van der Waals surface area contributed by atoms with E-state index in [-0.39, 0.29) is 11.4 Å². The topological polar surface area (TPSA) is 89.8 Å². The zero-order valence-electron chi connectivity index (χ0n) is 10.4. The molecular formula is C11H21N5. The summed E-state index contributed by atoms with van der Waals surface area (Å²) in [4.78, 5) is 7.88. The van der Waals surface area contributed by atoms with E-state index in [9.17, 15) is 0 Å². The average Bonchev–Trinajstić information content (AvgIpc) is 2.11. The number of rotatable bonds is 3. The Kier molecular flexibility index (Phi) is 3.57.